The van der Waals surface area contributed by atoms with E-state index in [1.54, 1.807) is 0 Å². The van der Waals surface area contributed by atoms with Gasteiger partial charge in [-0.3, -0.25) is 0 Å². The van der Waals surface area contributed by atoms with Gasteiger partial charge in [-0.15, -0.1) is 0 Å². The molecule has 0 heterocycles. The molecule has 0 radical (unpaired) electrons. The van der Waals surface area contributed by atoms with E-state index in [2.05, 4.69) is 0 Å². The van der Waals surface area contributed by atoms with Crippen LogP contribution in [0.3, 0.4) is 0 Å². The Kier molecular flexibility index (Phi) is 6.41. The van der Waals surface area contributed by atoms with Crippen molar-refractivity contribution in [3.63, 3.8) is 0 Å². The summed E-state index contributed by atoms with van der Waals surface area (Å²) >= 11 is 0. The van der Waals surface area contributed by atoms with Crippen LogP contribution in [0.1, 0.15) is 36.2 Å². The van der Waals surface area contributed by atoms with Crippen molar-refractivity contribution in [2.75, 3.05) is 13.2 Å². The smallest absolute Gasteiger partial charge is 0.0855 e. The van der Waals surface area contributed by atoms with Crippen molar-refractivity contribution in [3.05, 3.63) is 71.8 Å². The predicted octanol–water partition coefficient (Wildman–Crippen LogP) is 3.25. The summed E-state index contributed by atoms with van der Waals surface area (Å²) in [5, 5.41) is 18.6. The molecule has 0 fully saturated rings. The van der Waals surface area contributed by atoms with Crippen LogP contribution in [-0.4, -0.2) is 23.4 Å². The third kappa shape index (κ3) is 4.67. The van der Waals surface area contributed by atoms with Crippen LogP contribution in [0.5, 0.6) is 0 Å². The fraction of sp³-hybridized carbons (Fsp3) is 0.333. The van der Waals surface area contributed by atoms with Crippen LogP contribution in [0.15, 0.2) is 60.7 Å². The molecule has 0 aliphatic heterocycles. The van der Waals surface area contributed by atoms with Gasteiger partial charge >= 0.3 is 0 Å². The second-order valence-corrected chi connectivity index (χ2v) is 4.96. The molecule has 3 heteroatoms. The molecule has 3 nitrogen and oxygen atoms in total. The number of aliphatic hydroxyl groups excluding tert-OH is 2. The average Bonchev–Trinajstić information content (AvgIpc) is 2.55. The fourth-order valence-corrected chi connectivity index (χ4v) is 2.39. The third-order valence-corrected chi connectivity index (χ3v) is 3.45. The summed E-state index contributed by atoms with van der Waals surface area (Å²) < 4.78 is 6.18. The van der Waals surface area contributed by atoms with E-state index in [9.17, 15) is 10.2 Å². The van der Waals surface area contributed by atoms with E-state index >= 15 is 0 Å². The molecule has 2 aromatic rings. The highest BCUT2D eigenvalue weighted by Crippen LogP contribution is 2.30. The molecule has 0 aromatic heterocycles. The van der Waals surface area contributed by atoms with Crippen molar-refractivity contribution < 1.29 is 14.9 Å². The van der Waals surface area contributed by atoms with Crippen molar-refractivity contribution >= 4 is 0 Å². The molecular weight excluding hydrogens is 264 g/mol. The molecule has 2 atom stereocenters. The predicted molar refractivity (Wildman–Crippen MR) is 82.9 cm³/mol. The summed E-state index contributed by atoms with van der Waals surface area (Å²) in [4.78, 5) is 0. The number of ether oxygens (including phenoxy) is 1. The highest BCUT2D eigenvalue weighted by Gasteiger charge is 2.19. The molecular formula is C18H22O3. The molecule has 2 unspecified atom stereocenters. The van der Waals surface area contributed by atoms with Gasteiger partial charge < -0.3 is 14.9 Å². The van der Waals surface area contributed by atoms with Crippen molar-refractivity contribution in [2.45, 2.75) is 25.0 Å². The van der Waals surface area contributed by atoms with E-state index in [4.69, 9.17) is 4.74 Å². The molecule has 2 rings (SSSR count). The largest absolute Gasteiger partial charge is 0.396 e. The van der Waals surface area contributed by atoms with Gasteiger partial charge in [0.25, 0.3) is 0 Å². The molecule has 21 heavy (non-hydrogen) atoms. The summed E-state index contributed by atoms with van der Waals surface area (Å²) in [6.45, 7) is 0.139. The molecule has 0 saturated carbocycles. The third-order valence-electron chi connectivity index (χ3n) is 3.45. The van der Waals surface area contributed by atoms with Crippen molar-refractivity contribution in [2.24, 2.45) is 0 Å². The van der Waals surface area contributed by atoms with Crippen LogP contribution in [0.2, 0.25) is 0 Å². The molecule has 0 bridgehead atoms. The Hall–Kier alpha value is -1.68. The Labute approximate surface area is 125 Å². The molecule has 0 saturated heterocycles. The van der Waals surface area contributed by atoms with E-state index in [0.29, 0.717) is 12.8 Å². The quantitative estimate of drug-likeness (QED) is 0.783. The van der Waals surface area contributed by atoms with Crippen LogP contribution >= 0.6 is 0 Å². The van der Waals surface area contributed by atoms with Crippen LogP contribution in [0, 0.1) is 0 Å². The highest BCUT2D eigenvalue weighted by atomic mass is 16.5. The summed E-state index contributed by atoms with van der Waals surface area (Å²) in [6.07, 6.45) is 0.735. The van der Waals surface area contributed by atoms with Gasteiger partial charge in [-0.25, -0.2) is 0 Å². The zero-order chi connectivity index (χ0) is 14.9. The lowest BCUT2D eigenvalue weighted by atomic mass is 10.0. The highest BCUT2D eigenvalue weighted by molar-refractivity contribution is 5.20. The summed E-state index contributed by atoms with van der Waals surface area (Å²) in [5.41, 5.74) is 2.09. The first-order chi connectivity index (χ1) is 10.3. The molecule has 2 N–H and O–H groups in total. The number of aliphatic hydroxyl groups is 2. The van der Waals surface area contributed by atoms with Crippen LogP contribution in [0.25, 0.3) is 0 Å². The minimum Gasteiger partial charge on any atom is -0.396 e. The van der Waals surface area contributed by atoms with Gasteiger partial charge in [-0.2, -0.15) is 0 Å². The maximum atomic E-state index is 9.28. The van der Waals surface area contributed by atoms with Crippen molar-refractivity contribution in [1.29, 1.82) is 0 Å². The SMILES string of the molecule is OCCC(OC(CCO)c1ccccc1)c1ccccc1. The molecule has 112 valence electrons. The van der Waals surface area contributed by atoms with E-state index in [-0.39, 0.29) is 25.4 Å². The van der Waals surface area contributed by atoms with Gasteiger partial charge in [-0.05, 0) is 11.1 Å². The van der Waals surface area contributed by atoms with Crippen LogP contribution in [0.4, 0.5) is 0 Å². The zero-order valence-electron chi connectivity index (χ0n) is 12.1. The Bertz CT molecular complexity index is 451. The standard InChI is InChI=1S/C18H22O3/c19-13-11-17(15-7-3-1-4-8-15)21-18(12-14-20)16-9-5-2-6-10-16/h1-10,17-20H,11-14H2. The van der Waals surface area contributed by atoms with Gasteiger partial charge in [0, 0.05) is 26.1 Å². The number of hydrogen-bond donors (Lipinski definition) is 2. The maximum absolute atomic E-state index is 9.28. The number of benzene rings is 2. The van der Waals surface area contributed by atoms with E-state index in [1.165, 1.54) is 0 Å². The Balaban J connectivity index is 2.16. The lowest BCUT2D eigenvalue weighted by Crippen LogP contribution is -2.13. The topological polar surface area (TPSA) is 49.7 Å². The first-order valence-electron chi connectivity index (χ1n) is 7.32. The average molecular weight is 286 g/mol. The van der Waals surface area contributed by atoms with Crippen LogP contribution in [-0.2, 0) is 4.74 Å². The van der Waals surface area contributed by atoms with Gasteiger partial charge in [0.15, 0.2) is 0 Å². The lowest BCUT2D eigenvalue weighted by molar-refractivity contribution is -0.0368. The van der Waals surface area contributed by atoms with Gasteiger partial charge in [0.05, 0.1) is 12.2 Å². The van der Waals surface area contributed by atoms with Crippen LogP contribution < -0.4 is 0 Å². The van der Waals surface area contributed by atoms with E-state index in [1.807, 2.05) is 60.7 Å². The first kappa shape index (κ1) is 15.7. The molecule has 0 amide bonds. The zero-order valence-corrected chi connectivity index (χ0v) is 12.1. The molecule has 0 spiro atoms. The first-order valence-corrected chi connectivity index (χ1v) is 7.32. The molecule has 2 aromatic carbocycles. The van der Waals surface area contributed by atoms with Gasteiger partial charge in [0.2, 0.25) is 0 Å². The minimum atomic E-state index is -0.173. The summed E-state index contributed by atoms with van der Waals surface area (Å²) in [7, 11) is 0. The second-order valence-electron chi connectivity index (χ2n) is 4.96. The lowest BCUT2D eigenvalue weighted by Gasteiger charge is -2.25. The number of rotatable bonds is 8. The monoisotopic (exact) mass is 286 g/mol. The summed E-state index contributed by atoms with van der Waals surface area (Å²) in [6, 6.07) is 19.8. The van der Waals surface area contributed by atoms with Gasteiger partial charge in [0.1, 0.15) is 0 Å². The van der Waals surface area contributed by atoms with Crippen molar-refractivity contribution in [3.8, 4) is 0 Å². The molecule has 0 aliphatic carbocycles. The minimum absolute atomic E-state index is 0.0696. The van der Waals surface area contributed by atoms with E-state index in [0.717, 1.165) is 11.1 Å². The van der Waals surface area contributed by atoms with Crippen molar-refractivity contribution in [1.82, 2.24) is 0 Å². The van der Waals surface area contributed by atoms with E-state index < -0.39 is 0 Å². The normalized spacial score (nSPS) is 13.8. The Morgan fingerprint density at radius 3 is 1.38 bits per heavy atom. The molecule has 0 aliphatic rings. The fourth-order valence-electron chi connectivity index (χ4n) is 2.39. The second kappa shape index (κ2) is 8.57. The Morgan fingerprint density at radius 1 is 0.667 bits per heavy atom. The maximum Gasteiger partial charge on any atom is 0.0855 e. The Morgan fingerprint density at radius 2 is 1.05 bits per heavy atom. The number of hydrogen-bond acceptors (Lipinski definition) is 3. The van der Waals surface area contributed by atoms with Gasteiger partial charge in [-0.1, -0.05) is 60.7 Å². The summed E-state index contributed by atoms with van der Waals surface area (Å²) in [5.74, 6) is 0.